The van der Waals surface area contributed by atoms with Gasteiger partial charge in [0.25, 0.3) is 0 Å². The summed E-state index contributed by atoms with van der Waals surface area (Å²) in [5, 5.41) is 2.54. The fraction of sp³-hybridized carbons (Fsp3) is 0.300. The van der Waals surface area contributed by atoms with Gasteiger partial charge in [-0.05, 0) is 53.8 Å². The van der Waals surface area contributed by atoms with Gasteiger partial charge in [0.05, 0.1) is 7.11 Å². The lowest BCUT2D eigenvalue weighted by Crippen LogP contribution is -2.30. The van der Waals surface area contributed by atoms with E-state index in [0.29, 0.717) is 5.75 Å². The number of hydrogen-bond acceptors (Lipinski definition) is 4. The summed E-state index contributed by atoms with van der Waals surface area (Å²) in [7, 11) is -1.24. The number of rotatable bonds is 5. The van der Waals surface area contributed by atoms with Crippen LogP contribution in [0.3, 0.4) is 0 Å². The molecule has 0 aliphatic rings. The Morgan fingerprint density at radius 1 is 1.41 bits per heavy atom. The quantitative estimate of drug-likeness (QED) is 0.490. The third-order valence-electron chi connectivity index (χ3n) is 1.91. The van der Waals surface area contributed by atoms with Crippen molar-refractivity contribution in [2.45, 2.75) is 13.0 Å². The van der Waals surface area contributed by atoms with E-state index in [1.165, 1.54) is 7.11 Å². The minimum atomic E-state index is -2.51. The summed E-state index contributed by atoms with van der Waals surface area (Å²) in [5.41, 5.74) is 0. The van der Waals surface area contributed by atoms with E-state index < -0.39 is 20.2 Å². The Hall–Kier alpha value is -0.590. The predicted octanol–water partition coefficient (Wildman–Crippen LogP) is 2.21. The van der Waals surface area contributed by atoms with Crippen molar-refractivity contribution < 1.29 is 18.6 Å². The monoisotopic (exact) mass is 369 g/mol. The Morgan fingerprint density at radius 3 is 2.53 bits per heavy atom. The number of esters is 1. The van der Waals surface area contributed by atoms with Gasteiger partial charge in [-0.15, -0.1) is 0 Å². The highest BCUT2D eigenvalue weighted by atomic mass is 127. The molecule has 0 amide bonds. The van der Waals surface area contributed by atoms with Gasteiger partial charge < -0.3 is 9.26 Å². The van der Waals surface area contributed by atoms with Gasteiger partial charge in [-0.3, -0.25) is 9.36 Å². The molecule has 94 valence electrons. The van der Waals surface area contributed by atoms with Gasteiger partial charge in [-0.2, -0.15) is 0 Å². The van der Waals surface area contributed by atoms with Crippen LogP contribution >= 0.6 is 30.8 Å². The second-order valence-corrected chi connectivity index (χ2v) is 5.55. The third kappa shape index (κ3) is 5.06. The molecule has 1 aromatic carbocycles. The maximum absolute atomic E-state index is 11.6. The number of ether oxygens (including phenoxy) is 1. The molecule has 0 saturated carbocycles. The van der Waals surface area contributed by atoms with E-state index >= 15 is 0 Å². The topological polar surface area (TPSA) is 64.6 Å². The molecule has 5 nitrogen and oxygen atoms in total. The van der Waals surface area contributed by atoms with Crippen LogP contribution in [0.15, 0.2) is 24.3 Å². The van der Waals surface area contributed by atoms with Crippen molar-refractivity contribution in [3.8, 4) is 5.75 Å². The molecule has 0 aliphatic carbocycles. The zero-order valence-electron chi connectivity index (χ0n) is 9.40. The van der Waals surface area contributed by atoms with Crippen molar-refractivity contribution in [3.05, 3.63) is 27.8 Å². The Bertz CT molecular complexity index is 409. The normalized spacial score (nSPS) is 13.8. The van der Waals surface area contributed by atoms with Crippen LogP contribution in [0.1, 0.15) is 6.92 Å². The zero-order valence-corrected chi connectivity index (χ0v) is 12.6. The molecular formula is C10H13INO4P. The van der Waals surface area contributed by atoms with Crippen LogP contribution in [0.25, 0.3) is 0 Å². The Kier molecular flexibility index (Phi) is 5.94. The number of nitrogens with one attached hydrogen (secondary N) is 1. The van der Waals surface area contributed by atoms with Gasteiger partial charge >= 0.3 is 14.1 Å². The highest BCUT2D eigenvalue weighted by Crippen LogP contribution is 2.24. The molecule has 7 heteroatoms. The molecule has 0 spiro atoms. The van der Waals surface area contributed by atoms with Gasteiger partial charge in [-0.25, -0.2) is 5.09 Å². The predicted molar refractivity (Wildman–Crippen MR) is 73.4 cm³/mol. The molecule has 17 heavy (non-hydrogen) atoms. The van der Waals surface area contributed by atoms with Crippen LogP contribution in [0, 0.1) is 3.57 Å². The van der Waals surface area contributed by atoms with Crippen molar-refractivity contribution in [2.75, 3.05) is 7.11 Å². The average molecular weight is 369 g/mol. The summed E-state index contributed by atoms with van der Waals surface area (Å²) < 4.78 is 22.3. The lowest BCUT2D eigenvalue weighted by Gasteiger charge is -2.12. The number of benzene rings is 1. The van der Waals surface area contributed by atoms with Crippen molar-refractivity contribution >= 4 is 36.7 Å². The fourth-order valence-electron chi connectivity index (χ4n) is 1.05. The maximum atomic E-state index is 11.6. The summed E-state index contributed by atoms with van der Waals surface area (Å²) in [6.45, 7) is 1.56. The van der Waals surface area contributed by atoms with Crippen LogP contribution in [0.4, 0.5) is 0 Å². The molecule has 0 fully saturated rings. The van der Waals surface area contributed by atoms with E-state index in [0.717, 1.165) is 3.57 Å². The number of carbonyl (C=O) groups is 1. The number of carbonyl (C=O) groups excluding carboxylic acids is 1. The van der Waals surface area contributed by atoms with Gasteiger partial charge in [-0.1, -0.05) is 0 Å². The van der Waals surface area contributed by atoms with Crippen LogP contribution in [-0.4, -0.2) is 19.1 Å². The van der Waals surface area contributed by atoms with Crippen LogP contribution in [0.5, 0.6) is 5.75 Å². The van der Waals surface area contributed by atoms with E-state index in [1.54, 1.807) is 19.1 Å². The van der Waals surface area contributed by atoms with Crippen LogP contribution in [0.2, 0.25) is 0 Å². The molecule has 2 atom stereocenters. The number of halogens is 1. The SMILES string of the molecule is COC(=O)[C@H](C)N[PH](=O)Oc1ccc(I)cc1. The van der Waals surface area contributed by atoms with E-state index in [9.17, 15) is 9.36 Å². The van der Waals surface area contributed by atoms with Crippen molar-refractivity contribution in [2.24, 2.45) is 0 Å². The van der Waals surface area contributed by atoms with Crippen molar-refractivity contribution in [1.29, 1.82) is 0 Å². The van der Waals surface area contributed by atoms with Gasteiger partial charge in [0, 0.05) is 3.57 Å². The first-order valence-corrected chi connectivity index (χ1v) is 7.24. The molecule has 1 aromatic rings. The molecular weight excluding hydrogens is 356 g/mol. The number of hydrogen-bond donors (Lipinski definition) is 1. The lowest BCUT2D eigenvalue weighted by atomic mass is 10.3. The summed E-state index contributed by atoms with van der Waals surface area (Å²) in [5.74, 6) is 0.0217. The first-order chi connectivity index (χ1) is 8.02. The van der Waals surface area contributed by atoms with E-state index in [2.05, 4.69) is 32.4 Å². The Morgan fingerprint density at radius 2 is 2.00 bits per heavy atom. The fourth-order valence-corrected chi connectivity index (χ4v) is 2.29. The molecule has 1 rings (SSSR count). The number of methoxy groups -OCH3 is 1. The highest BCUT2D eigenvalue weighted by molar-refractivity contribution is 14.1. The van der Waals surface area contributed by atoms with Crippen molar-refractivity contribution in [1.82, 2.24) is 5.09 Å². The second-order valence-electron chi connectivity index (χ2n) is 3.23. The van der Waals surface area contributed by atoms with Gasteiger partial charge in [0.1, 0.15) is 11.8 Å². The molecule has 1 N–H and O–H groups in total. The van der Waals surface area contributed by atoms with Crippen LogP contribution in [-0.2, 0) is 14.1 Å². The molecule has 0 bridgehead atoms. The minimum Gasteiger partial charge on any atom is -0.468 e. The Balaban J connectivity index is 2.50. The summed E-state index contributed by atoms with van der Waals surface area (Å²) >= 11 is 2.16. The molecule has 0 radical (unpaired) electrons. The van der Waals surface area contributed by atoms with E-state index in [1.807, 2.05) is 12.1 Å². The maximum Gasteiger partial charge on any atom is 0.323 e. The zero-order chi connectivity index (χ0) is 12.8. The molecule has 1 unspecified atom stereocenters. The standard InChI is InChI=1S/C10H13INO4P/c1-7(10(13)15-2)12-17(14)16-9-5-3-8(11)4-6-9/h3-7,17H,1-2H3,(H,12,14)/t7-/m0/s1. The smallest absolute Gasteiger partial charge is 0.323 e. The van der Waals surface area contributed by atoms with E-state index in [4.69, 9.17) is 4.52 Å². The molecule has 0 saturated heterocycles. The summed E-state index contributed by atoms with van der Waals surface area (Å²) in [6, 6.07) is 6.46. The summed E-state index contributed by atoms with van der Waals surface area (Å²) in [4.78, 5) is 11.1. The van der Waals surface area contributed by atoms with Gasteiger partial charge in [0.15, 0.2) is 0 Å². The lowest BCUT2D eigenvalue weighted by molar-refractivity contribution is -0.142. The van der Waals surface area contributed by atoms with Crippen LogP contribution < -0.4 is 9.61 Å². The highest BCUT2D eigenvalue weighted by Gasteiger charge is 2.15. The molecule has 0 heterocycles. The van der Waals surface area contributed by atoms with E-state index in [-0.39, 0.29) is 0 Å². The molecule has 0 aromatic heterocycles. The largest absolute Gasteiger partial charge is 0.468 e. The summed E-state index contributed by atoms with van der Waals surface area (Å²) in [6.07, 6.45) is 0. The van der Waals surface area contributed by atoms with Gasteiger partial charge in [0.2, 0.25) is 0 Å². The minimum absolute atomic E-state index is 0.477. The second kappa shape index (κ2) is 6.98. The van der Waals surface area contributed by atoms with Crippen molar-refractivity contribution in [3.63, 3.8) is 0 Å². The first kappa shape index (κ1) is 14.5. The Labute approximate surface area is 114 Å². The first-order valence-electron chi connectivity index (χ1n) is 4.84. The molecule has 0 aliphatic heterocycles. The average Bonchev–Trinajstić information content (AvgIpc) is 2.30. The third-order valence-corrected chi connectivity index (χ3v) is 3.72.